The van der Waals surface area contributed by atoms with Crippen LogP contribution in [-0.2, 0) is 0 Å². The van der Waals surface area contributed by atoms with E-state index in [-0.39, 0.29) is 17.5 Å². The smallest absolute Gasteiger partial charge is 0.162 e. The molecule has 41 heavy (non-hydrogen) atoms. The number of nitrogens with zero attached hydrogens (tertiary/aromatic N) is 6. The molecule has 3 N–H and O–H groups in total. The lowest BCUT2D eigenvalue weighted by atomic mass is 10.1. The molecule has 9 nitrogen and oxygen atoms in total. The lowest BCUT2D eigenvalue weighted by Crippen LogP contribution is -2.49. The van der Waals surface area contributed by atoms with Gasteiger partial charge in [-0.1, -0.05) is 36.4 Å². The molecule has 2 aromatic carbocycles. The zero-order chi connectivity index (χ0) is 28.3. The summed E-state index contributed by atoms with van der Waals surface area (Å²) in [5, 5.41) is 10.2. The second kappa shape index (κ2) is 11.2. The second-order valence-corrected chi connectivity index (χ2v) is 10.0. The Balaban J connectivity index is 1.40. The predicted octanol–water partition coefficient (Wildman–Crippen LogP) is 5.16. The molecule has 1 aliphatic rings. The van der Waals surface area contributed by atoms with Gasteiger partial charge in [-0.25, -0.2) is 15.0 Å². The number of carbonyl (C=O) groups is 1. The average molecular weight is 546 g/mol. The van der Waals surface area contributed by atoms with Crippen LogP contribution in [0.15, 0.2) is 91.6 Å². The predicted molar refractivity (Wildman–Crippen MR) is 162 cm³/mol. The lowest BCUT2D eigenvalue weighted by Gasteiger charge is -2.41. The van der Waals surface area contributed by atoms with Gasteiger partial charge in [0.15, 0.2) is 11.9 Å². The number of phenols is 1. The van der Waals surface area contributed by atoms with Crippen molar-refractivity contribution in [1.82, 2.24) is 24.4 Å². The summed E-state index contributed by atoms with van der Waals surface area (Å²) in [5.74, 6) is 1.12. The number of nitrogens with two attached hydrogens (primary N) is 1. The van der Waals surface area contributed by atoms with E-state index < -0.39 is 0 Å². The molecule has 0 bridgehead atoms. The number of aromatic nitrogens is 4. The molecule has 1 unspecified atom stereocenters. The van der Waals surface area contributed by atoms with Gasteiger partial charge in [-0.15, -0.1) is 6.58 Å². The number of fused-ring (bicyclic) bond motifs is 1. The standard InChI is InChI=1S/C32H31N7O2/c1-2-7-29(38-18-16-37(17-19-38)24-12-11-23(21-40)28(41)20-24)39-31(25-10-6-15-34-30(25)33)36-27-14-13-26(35-32(27)39)22-8-4-3-5-9-22/h2-6,8-15,20-21,29,41H,1,7,16-19H2,(H2,33,34). The van der Waals surface area contributed by atoms with Crippen LogP contribution in [0.3, 0.4) is 0 Å². The van der Waals surface area contributed by atoms with Crippen LogP contribution >= 0.6 is 0 Å². The van der Waals surface area contributed by atoms with E-state index in [1.165, 1.54) is 0 Å². The van der Waals surface area contributed by atoms with Gasteiger partial charge < -0.3 is 15.7 Å². The summed E-state index contributed by atoms with van der Waals surface area (Å²) in [4.78, 5) is 30.2. The highest BCUT2D eigenvalue weighted by molar-refractivity contribution is 5.83. The molecule has 1 saturated heterocycles. The van der Waals surface area contributed by atoms with Gasteiger partial charge in [0.25, 0.3) is 0 Å². The highest BCUT2D eigenvalue weighted by Crippen LogP contribution is 2.35. The SMILES string of the molecule is C=CCC(N1CCN(c2ccc(C=O)c(O)c2)CC1)n1c(-c2cccnc2N)nc2ccc(-c3ccccc3)nc21. The second-order valence-electron chi connectivity index (χ2n) is 10.0. The zero-order valence-corrected chi connectivity index (χ0v) is 22.6. The highest BCUT2D eigenvalue weighted by Gasteiger charge is 2.29. The third-order valence-electron chi connectivity index (χ3n) is 7.60. The number of anilines is 2. The summed E-state index contributed by atoms with van der Waals surface area (Å²) in [6.07, 6.45) is 4.83. The van der Waals surface area contributed by atoms with Crippen molar-refractivity contribution >= 4 is 29.0 Å². The van der Waals surface area contributed by atoms with Gasteiger partial charge in [-0.2, -0.15) is 0 Å². The van der Waals surface area contributed by atoms with Gasteiger partial charge in [-0.3, -0.25) is 14.3 Å². The Morgan fingerprint density at radius 3 is 2.49 bits per heavy atom. The van der Waals surface area contributed by atoms with E-state index in [0.29, 0.717) is 24.3 Å². The summed E-state index contributed by atoms with van der Waals surface area (Å²) in [5.41, 5.74) is 11.7. The summed E-state index contributed by atoms with van der Waals surface area (Å²) in [7, 11) is 0. The number of pyridine rings is 2. The first kappa shape index (κ1) is 26.2. The van der Waals surface area contributed by atoms with E-state index in [1.807, 2.05) is 54.6 Å². The van der Waals surface area contributed by atoms with Crippen LogP contribution in [0.25, 0.3) is 33.8 Å². The van der Waals surface area contributed by atoms with Crippen LogP contribution in [0.2, 0.25) is 0 Å². The zero-order valence-electron chi connectivity index (χ0n) is 22.6. The summed E-state index contributed by atoms with van der Waals surface area (Å²) >= 11 is 0. The summed E-state index contributed by atoms with van der Waals surface area (Å²) in [6, 6.07) is 23.1. The molecule has 5 aromatic rings. The van der Waals surface area contributed by atoms with Crippen LogP contribution in [0, 0.1) is 0 Å². The number of carbonyl (C=O) groups excluding carboxylic acids is 1. The maximum atomic E-state index is 11.1. The minimum absolute atomic E-state index is 0.00616. The van der Waals surface area contributed by atoms with Gasteiger partial charge >= 0.3 is 0 Å². The number of piperazine rings is 1. The van der Waals surface area contributed by atoms with Gasteiger partial charge in [0, 0.05) is 49.7 Å². The van der Waals surface area contributed by atoms with E-state index in [0.717, 1.165) is 59.9 Å². The Bertz CT molecular complexity index is 1710. The molecule has 0 amide bonds. The number of benzene rings is 2. The number of nitrogen functional groups attached to an aromatic ring is 1. The summed E-state index contributed by atoms with van der Waals surface area (Å²) in [6.45, 7) is 7.08. The molecule has 1 aliphatic heterocycles. The number of phenolic OH excluding ortho intramolecular Hbond substituents is 1. The molecule has 9 heteroatoms. The topological polar surface area (TPSA) is 113 Å². The Kier molecular flexibility index (Phi) is 7.18. The van der Waals surface area contributed by atoms with Crippen molar-refractivity contribution in [2.75, 3.05) is 36.8 Å². The van der Waals surface area contributed by atoms with Crippen LogP contribution in [-0.4, -0.2) is 62.0 Å². The largest absolute Gasteiger partial charge is 0.507 e. The average Bonchev–Trinajstić information content (AvgIpc) is 3.39. The monoisotopic (exact) mass is 545 g/mol. The fraction of sp³-hybridized carbons (Fsp3) is 0.188. The van der Waals surface area contributed by atoms with Crippen molar-refractivity contribution in [3.05, 3.63) is 97.2 Å². The molecule has 206 valence electrons. The molecule has 0 saturated carbocycles. The number of aromatic hydroxyl groups is 1. The first-order valence-electron chi connectivity index (χ1n) is 13.6. The minimum atomic E-state index is -0.112. The van der Waals surface area contributed by atoms with Crippen molar-refractivity contribution in [3.8, 4) is 28.4 Å². The molecule has 4 heterocycles. The molecular formula is C32H31N7O2. The molecule has 1 fully saturated rings. The molecule has 0 radical (unpaired) electrons. The van der Waals surface area contributed by atoms with Crippen molar-refractivity contribution in [2.45, 2.75) is 12.6 Å². The van der Waals surface area contributed by atoms with Crippen LogP contribution in [0.5, 0.6) is 5.75 Å². The molecule has 1 atom stereocenters. The quantitative estimate of drug-likeness (QED) is 0.203. The normalized spacial score (nSPS) is 14.7. The van der Waals surface area contributed by atoms with Gasteiger partial charge in [0.1, 0.15) is 22.9 Å². The fourth-order valence-corrected chi connectivity index (χ4v) is 5.50. The van der Waals surface area contributed by atoms with Gasteiger partial charge in [0.2, 0.25) is 0 Å². The van der Waals surface area contributed by atoms with Crippen molar-refractivity contribution in [3.63, 3.8) is 0 Å². The van der Waals surface area contributed by atoms with E-state index in [9.17, 15) is 9.90 Å². The Hall–Kier alpha value is -5.02. The molecule has 0 spiro atoms. The third kappa shape index (κ3) is 5.03. The molecule has 6 rings (SSSR count). The first-order chi connectivity index (χ1) is 20.1. The number of aldehydes is 1. The molecular weight excluding hydrogens is 514 g/mol. The van der Waals surface area contributed by atoms with Crippen LogP contribution < -0.4 is 10.6 Å². The molecule has 0 aliphatic carbocycles. The Morgan fingerprint density at radius 1 is 0.976 bits per heavy atom. The number of imidazole rings is 1. The van der Waals surface area contributed by atoms with Crippen LogP contribution in [0.4, 0.5) is 11.5 Å². The number of rotatable bonds is 8. The van der Waals surface area contributed by atoms with Crippen molar-refractivity contribution < 1.29 is 9.90 Å². The van der Waals surface area contributed by atoms with Gasteiger partial charge in [-0.05, 0) is 42.8 Å². The summed E-state index contributed by atoms with van der Waals surface area (Å²) < 4.78 is 2.18. The lowest BCUT2D eigenvalue weighted by molar-refractivity contribution is 0.112. The third-order valence-corrected chi connectivity index (χ3v) is 7.60. The Morgan fingerprint density at radius 2 is 1.78 bits per heavy atom. The van der Waals surface area contributed by atoms with E-state index in [2.05, 4.69) is 38.1 Å². The molecule has 3 aromatic heterocycles. The first-order valence-corrected chi connectivity index (χ1v) is 13.6. The van der Waals surface area contributed by atoms with Crippen molar-refractivity contribution in [1.29, 1.82) is 0 Å². The maximum Gasteiger partial charge on any atom is 0.162 e. The van der Waals surface area contributed by atoms with E-state index in [4.69, 9.17) is 15.7 Å². The fourth-order valence-electron chi connectivity index (χ4n) is 5.50. The number of hydrogen-bond acceptors (Lipinski definition) is 8. The maximum absolute atomic E-state index is 11.1. The van der Waals surface area contributed by atoms with Gasteiger partial charge in [0.05, 0.1) is 23.0 Å². The van der Waals surface area contributed by atoms with E-state index >= 15 is 0 Å². The highest BCUT2D eigenvalue weighted by atomic mass is 16.3. The van der Waals surface area contributed by atoms with E-state index in [1.54, 1.807) is 18.3 Å². The number of hydrogen-bond donors (Lipinski definition) is 2. The minimum Gasteiger partial charge on any atom is -0.507 e. The van der Waals surface area contributed by atoms with Crippen molar-refractivity contribution in [2.24, 2.45) is 0 Å². The van der Waals surface area contributed by atoms with Crippen LogP contribution in [0.1, 0.15) is 22.9 Å². The Labute approximate surface area is 238 Å².